The molecule has 18 heavy (non-hydrogen) atoms. The van der Waals surface area contributed by atoms with Crippen molar-refractivity contribution in [3.63, 3.8) is 0 Å². The molecule has 0 bridgehead atoms. The van der Waals surface area contributed by atoms with Crippen LogP contribution in [0.2, 0.25) is 0 Å². The molecule has 90 valence electrons. The zero-order chi connectivity index (χ0) is 12.8. The molecule has 1 heterocycles. The fourth-order valence-electron chi connectivity index (χ4n) is 1.55. The van der Waals surface area contributed by atoms with Crippen molar-refractivity contribution in [3.8, 4) is 5.75 Å². The number of carbonyl (C=O) groups excluding carboxylic acids is 1. The van der Waals surface area contributed by atoms with Crippen LogP contribution in [0.3, 0.4) is 0 Å². The molecule has 0 aliphatic heterocycles. The third-order valence-electron chi connectivity index (χ3n) is 2.34. The topological polar surface area (TPSA) is 39.2 Å². The van der Waals surface area contributed by atoms with Crippen LogP contribution in [-0.4, -0.2) is 11.0 Å². The molecule has 1 aromatic heterocycles. The summed E-state index contributed by atoms with van der Waals surface area (Å²) < 4.78 is 5.25. The minimum atomic E-state index is -0.411. The molecule has 0 unspecified atom stereocenters. The van der Waals surface area contributed by atoms with Crippen molar-refractivity contribution in [3.05, 3.63) is 60.8 Å². The average Bonchev–Trinajstić information content (AvgIpc) is 2.39. The maximum atomic E-state index is 11.6. The van der Waals surface area contributed by atoms with Crippen molar-refractivity contribution < 1.29 is 9.53 Å². The monoisotopic (exact) mass is 239 g/mol. The zero-order valence-corrected chi connectivity index (χ0v) is 10.0. The fraction of sp³-hybridized carbons (Fsp3) is 0.0667. The molecule has 0 radical (unpaired) electrons. The van der Waals surface area contributed by atoms with Gasteiger partial charge in [-0.2, -0.15) is 0 Å². The van der Waals surface area contributed by atoms with E-state index < -0.39 is 5.97 Å². The van der Waals surface area contributed by atoms with E-state index in [1.165, 1.54) is 6.08 Å². The number of hydrogen-bond donors (Lipinski definition) is 0. The van der Waals surface area contributed by atoms with E-state index in [2.05, 4.69) is 4.98 Å². The van der Waals surface area contributed by atoms with Crippen molar-refractivity contribution in [1.82, 2.24) is 4.98 Å². The first-order valence-corrected chi connectivity index (χ1v) is 5.66. The van der Waals surface area contributed by atoms with Crippen molar-refractivity contribution in [2.75, 3.05) is 0 Å². The van der Waals surface area contributed by atoms with Gasteiger partial charge in [-0.1, -0.05) is 36.4 Å². The number of rotatable bonds is 3. The number of para-hydroxylation sites is 1. The summed E-state index contributed by atoms with van der Waals surface area (Å²) in [7, 11) is 0. The first-order chi connectivity index (χ1) is 8.81. The molecule has 3 nitrogen and oxygen atoms in total. The summed E-state index contributed by atoms with van der Waals surface area (Å²) in [4.78, 5) is 15.8. The van der Waals surface area contributed by atoms with Crippen LogP contribution in [0.15, 0.2) is 60.8 Å². The summed E-state index contributed by atoms with van der Waals surface area (Å²) >= 11 is 0. The summed E-state index contributed by atoms with van der Waals surface area (Å²) in [6, 6.07) is 9.27. The van der Waals surface area contributed by atoms with E-state index in [4.69, 9.17) is 4.74 Å². The molecule has 0 spiro atoms. The Morgan fingerprint density at radius 3 is 2.89 bits per heavy atom. The molecule has 2 rings (SSSR count). The lowest BCUT2D eigenvalue weighted by atomic mass is 10.2. The lowest BCUT2D eigenvalue weighted by Gasteiger charge is -2.04. The van der Waals surface area contributed by atoms with Gasteiger partial charge in [0.15, 0.2) is 5.75 Å². The quantitative estimate of drug-likeness (QED) is 0.357. The normalized spacial score (nSPS) is 11.4. The van der Waals surface area contributed by atoms with Gasteiger partial charge in [-0.25, -0.2) is 4.79 Å². The van der Waals surface area contributed by atoms with Gasteiger partial charge in [-0.3, -0.25) is 4.98 Å². The number of esters is 1. The molecule has 0 aliphatic rings. The van der Waals surface area contributed by atoms with Gasteiger partial charge in [-0.05, 0) is 19.1 Å². The number of benzene rings is 1. The molecule has 0 aliphatic carbocycles. The largest absolute Gasteiger partial charge is 0.421 e. The van der Waals surface area contributed by atoms with Crippen LogP contribution in [0.4, 0.5) is 0 Å². The Morgan fingerprint density at radius 2 is 2.06 bits per heavy atom. The third-order valence-corrected chi connectivity index (χ3v) is 2.34. The Hall–Kier alpha value is -2.42. The predicted molar refractivity (Wildman–Crippen MR) is 71.3 cm³/mol. The number of carbonyl (C=O) groups is 1. The zero-order valence-electron chi connectivity index (χ0n) is 10.0. The first kappa shape index (κ1) is 12.0. The van der Waals surface area contributed by atoms with Gasteiger partial charge in [0.05, 0.1) is 0 Å². The number of pyridine rings is 1. The molecule has 0 amide bonds. The van der Waals surface area contributed by atoms with E-state index in [1.807, 2.05) is 37.3 Å². The fourth-order valence-corrected chi connectivity index (χ4v) is 1.55. The van der Waals surface area contributed by atoms with Crippen molar-refractivity contribution in [2.45, 2.75) is 6.92 Å². The number of fused-ring (bicyclic) bond motifs is 1. The molecule has 0 saturated carbocycles. The van der Waals surface area contributed by atoms with E-state index in [9.17, 15) is 4.79 Å². The molecule has 2 aromatic rings. The SMILES string of the molecule is C/C=C/C=C/C(=O)Oc1cccc2cccnc12. The second-order valence-corrected chi connectivity index (χ2v) is 3.64. The highest BCUT2D eigenvalue weighted by molar-refractivity contribution is 5.90. The maximum absolute atomic E-state index is 11.6. The number of hydrogen-bond acceptors (Lipinski definition) is 3. The molecule has 3 heteroatoms. The van der Waals surface area contributed by atoms with Gasteiger partial charge >= 0.3 is 5.97 Å². The molecule has 0 N–H and O–H groups in total. The van der Waals surface area contributed by atoms with Crippen molar-refractivity contribution in [1.29, 1.82) is 0 Å². The van der Waals surface area contributed by atoms with Crippen LogP contribution < -0.4 is 4.74 Å². The van der Waals surface area contributed by atoms with Crippen LogP contribution >= 0.6 is 0 Å². The molecule has 0 saturated heterocycles. The van der Waals surface area contributed by atoms with Crippen molar-refractivity contribution in [2.24, 2.45) is 0 Å². The van der Waals surface area contributed by atoms with Crippen LogP contribution in [0.1, 0.15) is 6.92 Å². The Balaban J connectivity index is 2.24. The maximum Gasteiger partial charge on any atom is 0.336 e. The van der Waals surface area contributed by atoms with Gasteiger partial charge in [-0.15, -0.1) is 0 Å². The van der Waals surface area contributed by atoms with E-state index >= 15 is 0 Å². The minimum Gasteiger partial charge on any atom is -0.421 e. The number of ether oxygens (including phenoxy) is 1. The highest BCUT2D eigenvalue weighted by atomic mass is 16.5. The lowest BCUT2D eigenvalue weighted by Crippen LogP contribution is -2.04. The Labute approximate surface area is 105 Å². The summed E-state index contributed by atoms with van der Waals surface area (Å²) in [5.41, 5.74) is 0.688. The minimum absolute atomic E-state index is 0.411. The van der Waals surface area contributed by atoms with Crippen LogP contribution in [0, 0.1) is 0 Å². The summed E-state index contributed by atoms with van der Waals surface area (Å²) in [6.45, 7) is 1.88. The smallest absolute Gasteiger partial charge is 0.336 e. The van der Waals surface area contributed by atoms with Gasteiger partial charge < -0.3 is 4.74 Å². The van der Waals surface area contributed by atoms with Crippen molar-refractivity contribution >= 4 is 16.9 Å². The Bertz CT molecular complexity index is 609. The highest BCUT2D eigenvalue weighted by Gasteiger charge is 2.05. The van der Waals surface area contributed by atoms with Gasteiger partial charge in [0, 0.05) is 17.7 Å². The summed E-state index contributed by atoms with van der Waals surface area (Å²) in [6.07, 6.45) is 8.30. The van der Waals surface area contributed by atoms with Gasteiger partial charge in [0.2, 0.25) is 0 Å². The van der Waals surface area contributed by atoms with Crippen LogP contribution in [0.5, 0.6) is 5.75 Å². The lowest BCUT2D eigenvalue weighted by molar-refractivity contribution is -0.128. The standard InChI is InChI=1S/C15H13NO2/c1-2-3-4-10-14(17)18-13-9-5-7-12-8-6-11-16-15(12)13/h2-11H,1H3/b3-2+,10-4+. The van der Waals surface area contributed by atoms with Crippen LogP contribution in [0.25, 0.3) is 10.9 Å². The molecular weight excluding hydrogens is 226 g/mol. The molecule has 0 atom stereocenters. The van der Waals surface area contributed by atoms with Gasteiger partial charge in [0.25, 0.3) is 0 Å². The Kier molecular flexibility index (Phi) is 3.86. The Morgan fingerprint density at radius 1 is 1.22 bits per heavy atom. The van der Waals surface area contributed by atoms with E-state index in [0.717, 1.165) is 5.39 Å². The van der Waals surface area contributed by atoms with Crippen LogP contribution in [-0.2, 0) is 4.79 Å². The van der Waals surface area contributed by atoms with Gasteiger partial charge in [0.1, 0.15) is 5.52 Å². The molecule has 0 fully saturated rings. The molecule has 1 aromatic carbocycles. The summed E-state index contributed by atoms with van der Waals surface area (Å²) in [5, 5.41) is 0.945. The first-order valence-electron chi connectivity index (χ1n) is 5.66. The predicted octanol–water partition coefficient (Wildman–Crippen LogP) is 3.27. The molecular formula is C15H13NO2. The number of allylic oxidation sites excluding steroid dienone is 3. The van der Waals surface area contributed by atoms with E-state index in [-0.39, 0.29) is 0 Å². The average molecular weight is 239 g/mol. The highest BCUT2D eigenvalue weighted by Crippen LogP contribution is 2.22. The third kappa shape index (κ3) is 2.83. The number of aromatic nitrogens is 1. The van der Waals surface area contributed by atoms with E-state index in [0.29, 0.717) is 11.3 Å². The summed E-state index contributed by atoms with van der Waals surface area (Å²) in [5.74, 6) is 0.0643. The van der Waals surface area contributed by atoms with E-state index in [1.54, 1.807) is 24.4 Å². The second kappa shape index (κ2) is 5.77. The second-order valence-electron chi connectivity index (χ2n) is 3.64. The number of nitrogens with zero attached hydrogens (tertiary/aromatic N) is 1.